The lowest BCUT2D eigenvalue weighted by Gasteiger charge is -2.36. The Morgan fingerprint density at radius 2 is 2.04 bits per heavy atom. The summed E-state index contributed by atoms with van der Waals surface area (Å²) in [5.74, 6) is 0.0271. The average Bonchev–Trinajstić information content (AvgIpc) is 2.94. The van der Waals surface area contributed by atoms with Crippen LogP contribution in [-0.2, 0) is 4.79 Å². The summed E-state index contributed by atoms with van der Waals surface area (Å²) in [4.78, 5) is 14.6. The molecule has 1 aromatic carbocycles. The lowest BCUT2D eigenvalue weighted by atomic mass is 10.0. The van der Waals surface area contributed by atoms with Gasteiger partial charge in [0.15, 0.2) is 0 Å². The lowest BCUT2D eigenvalue weighted by molar-refractivity contribution is -0.125. The van der Waals surface area contributed by atoms with Crippen LogP contribution in [0, 0.1) is 18.7 Å². The number of nitrogens with one attached hydrogen (secondary N) is 1. The minimum absolute atomic E-state index is 0. The van der Waals surface area contributed by atoms with E-state index < -0.39 is 0 Å². The van der Waals surface area contributed by atoms with Crippen LogP contribution in [0.3, 0.4) is 0 Å². The molecule has 0 bridgehead atoms. The van der Waals surface area contributed by atoms with E-state index in [1.54, 1.807) is 6.07 Å². The molecule has 25 heavy (non-hydrogen) atoms. The number of piperidine rings is 1. The monoisotopic (exact) mass is 391 g/mol. The molecule has 2 fully saturated rings. The van der Waals surface area contributed by atoms with Crippen molar-refractivity contribution in [2.45, 2.75) is 51.1 Å². The third-order valence-electron chi connectivity index (χ3n) is 5.11. The van der Waals surface area contributed by atoms with Gasteiger partial charge < -0.3 is 16.0 Å². The molecule has 3 rings (SSSR count). The number of hydrogen-bond acceptors (Lipinski definition) is 3. The zero-order valence-electron chi connectivity index (χ0n) is 14.5. The van der Waals surface area contributed by atoms with E-state index in [-0.39, 0.29) is 54.5 Å². The SMILES string of the molecule is Cc1cc(F)ccc1N1CCCC(NC(=O)C2CCC(N)C2)C1.Cl.Cl. The van der Waals surface area contributed by atoms with Crippen LogP contribution in [0.25, 0.3) is 0 Å². The molecular formula is C18H28Cl2FN3O. The van der Waals surface area contributed by atoms with Crippen LogP contribution >= 0.6 is 24.8 Å². The van der Waals surface area contributed by atoms with Gasteiger partial charge in [0.2, 0.25) is 5.91 Å². The third kappa shape index (κ3) is 5.47. The van der Waals surface area contributed by atoms with Crippen molar-refractivity contribution >= 4 is 36.4 Å². The Balaban J connectivity index is 0.00000156. The molecule has 142 valence electrons. The van der Waals surface area contributed by atoms with Crippen molar-refractivity contribution < 1.29 is 9.18 Å². The van der Waals surface area contributed by atoms with Crippen LogP contribution in [0.5, 0.6) is 0 Å². The highest BCUT2D eigenvalue weighted by Crippen LogP contribution is 2.26. The predicted molar refractivity (Wildman–Crippen MR) is 104 cm³/mol. The first-order valence-electron chi connectivity index (χ1n) is 8.60. The molecule has 2 aliphatic rings. The summed E-state index contributed by atoms with van der Waals surface area (Å²) in [7, 11) is 0. The van der Waals surface area contributed by atoms with E-state index in [1.807, 2.05) is 13.0 Å². The number of nitrogens with two attached hydrogens (primary N) is 1. The number of anilines is 1. The highest BCUT2D eigenvalue weighted by Gasteiger charge is 2.30. The van der Waals surface area contributed by atoms with Crippen molar-refractivity contribution in [3.05, 3.63) is 29.6 Å². The fraction of sp³-hybridized carbons (Fsp3) is 0.611. The van der Waals surface area contributed by atoms with Crippen LogP contribution in [0.4, 0.5) is 10.1 Å². The van der Waals surface area contributed by atoms with Gasteiger partial charge in [0.1, 0.15) is 5.82 Å². The van der Waals surface area contributed by atoms with Gasteiger partial charge in [-0.1, -0.05) is 0 Å². The fourth-order valence-corrected chi connectivity index (χ4v) is 3.86. The van der Waals surface area contributed by atoms with Gasteiger partial charge in [-0.15, -0.1) is 24.8 Å². The van der Waals surface area contributed by atoms with Gasteiger partial charge in [-0.2, -0.15) is 0 Å². The Morgan fingerprint density at radius 1 is 1.28 bits per heavy atom. The molecular weight excluding hydrogens is 364 g/mol. The van der Waals surface area contributed by atoms with Crippen molar-refractivity contribution in [2.75, 3.05) is 18.0 Å². The van der Waals surface area contributed by atoms with Gasteiger partial charge in [0, 0.05) is 36.8 Å². The lowest BCUT2D eigenvalue weighted by Crippen LogP contribution is -2.49. The number of rotatable bonds is 3. The van der Waals surface area contributed by atoms with E-state index in [1.165, 1.54) is 6.07 Å². The molecule has 3 N–H and O–H groups in total. The first-order valence-corrected chi connectivity index (χ1v) is 8.60. The van der Waals surface area contributed by atoms with Crippen molar-refractivity contribution in [1.29, 1.82) is 0 Å². The number of benzene rings is 1. The van der Waals surface area contributed by atoms with Crippen LogP contribution < -0.4 is 16.0 Å². The van der Waals surface area contributed by atoms with Crippen molar-refractivity contribution in [1.82, 2.24) is 5.32 Å². The zero-order chi connectivity index (χ0) is 16.4. The number of nitrogens with zero attached hydrogens (tertiary/aromatic N) is 1. The third-order valence-corrected chi connectivity index (χ3v) is 5.11. The Hall–Kier alpha value is -1.04. The second-order valence-electron chi connectivity index (χ2n) is 6.99. The molecule has 1 aliphatic carbocycles. The van der Waals surface area contributed by atoms with Gasteiger partial charge in [-0.05, 0) is 62.8 Å². The molecule has 1 saturated heterocycles. The van der Waals surface area contributed by atoms with Crippen molar-refractivity contribution in [3.8, 4) is 0 Å². The molecule has 4 nitrogen and oxygen atoms in total. The second-order valence-corrected chi connectivity index (χ2v) is 6.99. The van der Waals surface area contributed by atoms with E-state index >= 15 is 0 Å². The molecule has 1 aliphatic heterocycles. The fourth-order valence-electron chi connectivity index (χ4n) is 3.86. The maximum Gasteiger partial charge on any atom is 0.223 e. The molecule has 0 radical (unpaired) electrons. The first kappa shape index (κ1) is 22.0. The molecule has 1 aromatic rings. The topological polar surface area (TPSA) is 58.4 Å². The zero-order valence-corrected chi connectivity index (χ0v) is 16.2. The van der Waals surface area contributed by atoms with Crippen molar-refractivity contribution in [2.24, 2.45) is 11.7 Å². The minimum Gasteiger partial charge on any atom is -0.369 e. The smallest absolute Gasteiger partial charge is 0.223 e. The summed E-state index contributed by atoms with van der Waals surface area (Å²) >= 11 is 0. The molecule has 1 saturated carbocycles. The van der Waals surface area contributed by atoms with Gasteiger partial charge in [-0.3, -0.25) is 4.79 Å². The molecule has 1 amide bonds. The Bertz CT molecular complexity index is 587. The highest BCUT2D eigenvalue weighted by molar-refractivity contribution is 5.85. The summed E-state index contributed by atoms with van der Waals surface area (Å²) in [6.07, 6.45) is 4.69. The summed E-state index contributed by atoms with van der Waals surface area (Å²) in [6.45, 7) is 3.67. The summed E-state index contributed by atoms with van der Waals surface area (Å²) in [6, 6.07) is 5.25. The quantitative estimate of drug-likeness (QED) is 0.831. The van der Waals surface area contributed by atoms with Crippen LogP contribution in [0.1, 0.15) is 37.7 Å². The Kier molecular flexibility index (Phi) is 8.45. The van der Waals surface area contributed by atoms with Crippen LogP contribution in [0.2, 0.25) is 0 Å². The number of carbonyl (C=O) groups is 1. The molecule has 3 unspecified atom stereocenters. The van der Waals surface area contributed by atoms with Crippen molar-refractivity contribution in [3.63, 3.8) is 0 Å². The van der Waals surface area contributed by atoms with Gasteiger partial charge in [0.25, 0.3) is 0 Å². The number of aryl methyl sites for hydroxylation is 1. The predicted octanol–water partition coefficient (Wildman–Crippen LogP) is 3.19. The molecule has 1 heterocycles. The standard InChI is InChI=1S/C18H26FN3O.2ClH/c1-12-9-14(19)5-7-17(12)22-8-2-3-16(11-22)21-18(23)13-4-6-15(20)10-13;;/h5,7,9,13,15-16H,2-4,6,8,10-11,20H2,1H3,(H,21,23);2*1H. The van der Waals surface area contributed by atoms with Gasteiger partial charge in [0.05, 0.1) is 0 Å². The van der Waals surface area contributed by atoms with Crippen LogP contribution in [-0.4, -0.2) is 31.1 Å². The number of carbonyl (C=O) groups excluding carboxylic acids is 1. The Morgan fingerprint density at radius 3 is 2.68 bits per heavy atom. The van der Waals surface area contributed by atoms with E-state index in [0.717, 1.165) is 56.4 Å². The van der Waals surface area contributed by atoms with Gasteiger partial charge >= 0.3 is 0 Å². The van der Waals surface area contributed by atoms with E-state index in [9.17, 15) is 9.18 Å². The minimum atomic E-state index is -0.203. The number of halogens is 3. The molecule has 7 heteroatoms. The summed E-state index contributed by atoms with van der Waals surface area (Å²) in [5.41, 5.74) is 7.91. The second kappa shape index (κ2) is 9.60. The molecule has 0 aromatic heterocycles. The average molecular weight is 392 g/mol. The summed E-state index contributed by atoms with van der Waals surface area (Å²) in [5, 5.41) is 3.20. The number of hydrogen-bond donors (Lipinski definition) is 2. The Labute approximate surface area is 161 Å². The maximum absolute atomic E-state index is 13.3. The normalized spacial score (nSPS) is 25.7. The number of amides is 1. The van der Waals surface area contributed by atoms with Crippen LogP contribution in [0.15, 0.2) is 18.2 Å². The largest absolute Gasteiger partial charge is 0.369 e. The summed E-state index contributed by atoms with van der Waals surface area (Å²) < 4.78 is 13.3. The van der Waals surface area contributed by atoms with E-state index in [0.29, 0.717) is 0 Å². The molecule has 0 spiro atoms. The first-order chi connectivity index (χ1) is 11.0. The van der Waals surface area contributed by atoms with E-state index in [4.69, 9.17) is 5.73 Å². The highest BCUT2D eigenvalue weighted by atomic mass is 35.5. The molecule has 3 atom stereocenters. The van der Waals surface area contributed by atoms with Gasteiger partial charge in [-0.25, -0.2) is 4.39 Å². The van der Waals surface area contributed by atoms with E-state index in [2.05, 4.69) is 10.2 Å². The maximum atomic E-state index is 13.3.